The summed E-state index contributed by atoms with van der Waals surface area (Å²) in [5.41, 5.74) is 3.40. The summed E-state index contributed by atoms with van der Waals surface area (Å²) in [4.78, 5) is 12.3. The smallest absolute Gasteiger partial charge is 0.241 e. The van der Waals surface area contributed by atoms with Gasteiger partial charge in [-0.05, 0) is 38.0 Å². The van der Waals surface area contributed by atoms with E-state index in [0.717, 1.165) is 27.3 Å². The Hall–Kier alpha value is -2.41. The molecule has 26 heavy (non-hydrogen) atoms. The molecule has 0 bridgehead atoms. The second kappa shape index (κ2) is 7.86. The van der Waals surface area contributed by atoms with Gasteiger partial charge in [0.15, 0.2) is 0 Å². The molecule has 0 fully saturated rings. The second-order valence-electron chi connectivity index (χ2n) is 6.39. The number of nitrogens with zero attached hydrogens (tertiary/aromatic N) is 1. The molecule has 1 amide bonds. The molecule has 0 spiro atoms. The third kappa shape index (κ3) is 4.82. The van der Waals surface area contributed by atoms with Gasteiger partial charge in [0.25, 0.3) is 0 Å². The van der Waals surface area contributed by atoms with Crippen LogP contribution in [0, 0.1) is 26.6 Å². The standard InChI is InChI=1S/C19H23FN2O3S/c1-13-9-14(2)19(15(3)10-13)22(26(4,24)25)12-18(23)21-11-16-7-5-6-8-17(16)20/h5-10H,11-12H2,1-4H3,(H,21,23). The van der Waals surface area contributed by atoms with Gasteiger partial charge in [0.1, 0.15) is 12.4 Å². The van der Waals surface area contributed by atoms with Gasteiger partial charge < -0.3 is 5.32 Å². The van der Waals surface area contributed by atoms with Crippen molar-refractivity contribution in [3.05, 3.63) is 64.5 Å². The lowest BCUT2D eigenvalue weighted by Crippen LogP contribution is -2.41. The van der Waals surface area contributed by atoms with E-state index in [2.05, 4.69) is 5.32 Å². The van der Waals surface area contributed by atoms with Crippen LogP contribution in [0.3, 0.4) is 0 Å². The molecule has 0 radical (unpaired) electrons. The van der Waals surface area contributed by atoms with Gasteiger partial charge in [0, 0.05) is 12.1 Å². The van der Waals surface area contributed by atoms with Crippen LogP contribution in [0.2, 0.25) is 0 Å². The Labute approximate surface area is 153 Å². The molecule has 0 saturated carbocycles. The number of benzene rings is 2. The fourth-order valence-corrected chi connectivity index (χ4v) is 3.92. The highest BCUT2D eigenvalue weighted by Crippen LogP contribution is 2.28. The summed E-state index contributed by atoms with van der Waals surface area (Å²) in [6.45, 7) is 5.18. The molecule has 1 N–H and O–H groups in total. The van der Waals surface area contributed by atoms with Crippen molar-refractivity contribution in [3.63, 3.8) is 0 Å². The van der Waals surface area contributed by atoms with E-state index in [1.54, 1.807) is 18.2 Å². The van der Waals surface area contributed by atoms with Crippen LogP contribution in [-0.4, -0.2) is 27.1 Å². The molecular formula is C19H23FN2O3S. The first-order chi connectivity index (χ1) is 12.1. The van der Waals surface area contributed by atoms with E-state index < -0.39 is 21.7 Å². The van der Waals surface area contributed by atoms with E-state index in [1.807, 2.05) is 32.9 Å². The van der Waals surface area contributed by atoms with Crippen molar-refractivity contribution in [2.24, 2.45) is 0 Å². The van der Waals surface area contributed by atoms with Crippen molar-refractivity contribution in [2.75, 3.05) is 17.1 Å². The molecule has 0 heterocycles. The number of hydrogen-bond acceptors (Lipinski definition) is 3. The number of rotatable bonds is 6. The lowest BCUT2D eigenvalue weighted by molar-refractivity contribution is -0.119. The molecule has 2 rings (SSSR count). The highest BCUT2D eigenvalue weighted by atomic mass is 32.2. The number of aryl methyl sites for hydroxylation is 3. The number of sulfonamides is 1. The first kappa shape index (κ1) is 19.9. The summed E-state index contributed by atoms with van der Waals surface area (Å²) in [7, 11) is -3.66. The van der Waals surface area contributed by atoms with Crippen molar-refractivity contribution >= 4 is 21.6 Å². The third-order valence-electron chi connectivity index (χ3n) is 4.01. The van der Waals surface area contributed by atoms with E-state index in [0.29, 0.717) is 11.3 Å². The molecular weight excluding hydrogens is 355 g/mol. The summed E-state index contributed by atoms with van der Waals surface area (Å²) in [6.07, 6.45) is 1.07. The quantitative estimate of drug-likeness (QED) is 0.841. The van der Waals surface area contributed by atoms with E-state index in [-0.39, 0.29) is 13.1 Å². The molecule has 0 aliphatic carbocycles. The monoisotopic (exact) mass is 378 g/mol. The third-order valence-corrected chi connectivity index (χ3v) is 5.12. The van der Waals surface area contributed by atoms with Gasteiger partial charge in [0.05, 0.1) is 11.9 Å². The first-order valence-electron chi connectivity index (χ1n) is 8.15. The van der Waals surface area contributed by atoms with Crippen molar-refractivity contribution < 1.29 is 17.6 Å². The van der Waals surface area contributed by atoms with Crippen LogP contribution < -0.4 is 9.62 Å². The maximum absolute atomic E-state index is 13.6. The highest BCUT2D eigenvalue weighted by molar-refractivity contribution is 7.92. The predicted octanol–water partition coefficient (Wildman–Crippen LogP) is 2.83. The van der Waals surface area contributed by atoms with E-state index in [9.17, 15) is 17.6 Å². The molecule has 2 aromatic rings. The number of nitrogens with one attached hydrogen (secondary N) is 1. The molecule has 7 heteroatoms. The average molecular weight is 378 g/mol. The predicted molar refractivity (Wildman–Crippen MR) is 101 cm³/mol. The summed E-state index contributed by atoms with van der Waals surface area (Å²) in [5, 5.41) is 2.58. The zero-order valence-corrected chi connectivity index (χ0v) is 16.2. The van der Waals surface area contributed by atoms with Crippen molar-refractivity contribution in [1.29, 1.82) is 0 Å². The van der Waals surface area contributed by atoms with Gasteiger partial charge in [-0.2, -0.15) is 0 Å². The minimum atomic E-state index is -3.66. The molecule has 0 aliphatic heterocycles. The molecule has 5 nitrogen and oxygen atoms in total. The fraction of sp³-hybridized carbons (Fsp3) is 0.316. The van der Waals surface area contributed by atoms with Gasteiger partial charge in [-0.1, -0.05) is 35.9 Å². The largest absolute Gasteiger partial charge is 0.350 e. The Morgan fingerprint density at radius 3 is 2.23 bits per heavy atom. The Morgan fingerprint density at radius 1 is 1.12 bits per heavy atom. The lowest BCUT2D eigenvalue weighted by atomic mass is 10.1. The molecule has 0 saturated heterocycles. The minimum Gasteiger partial charge on any atom is -0.350 e. The molecule has 140 valence electrons. The number of hydrogen-bond donors (Lipinski definition) is 1. The van der Waals surface area contributed by atoms with E-state index in [1.165, 1.54) is 6.07 Å². The molecule has 0 aliphatic rings. The van der Waals surface area contributed by atoms with Crippen LogP contribution in [0.1, 0.15) is 22.3 Å². The maximum atomic E-state index is 13.6. The molecule has 2 aromatic carbocycles. The zero-order chi connectivity index (χ0) is 19.5. The first-order valence-corrected chi connectivity index (χ1v) is 10.00. The van der Waals surface area contributed by atoms with Crippen LogP contribution in [0.4, 0.5) is 10.1 Å². The van der Waals surface area contributed by atoms with Crippen LogP contribution >= 0.6 is 0 Å². The normalized spacial score (nSPS) is 11.3. The number of halogens is 1. The van der Waals surface area contributed by atoms with Crippen LogP contribution in [0.25, 0.3) is 0 Å². The van der Waals surface area contributed by atoms with Crippen LogP contribution in [0.15, 0.2) is 36.4 Å². The SMILES string of the molecule is Cc1cc(C)c(N(CC(=O)NCc2ccccc2F)S(C)(=O)=O)c(C)c1. The number of carbonyl (C=O) groups excluding carboxylic acids is 1. The lowest BCUT2D eigenvalue weighted by Gasteiger charge is -2.26. The van der Waals surface area contributed by atoms with Crippen molar-refractivity contribution in [3.8, 4) is 0 Å². The second-order valence-corrected chi connectivity index (χ2v) is 8.29. The van der Waals surface area contributed by atoms with Crippen molar-refractivity contribution in [2.45, 2.75) is 27.3 Å². The molecule has 0 atom stereocenters. The van der Waals surface area contributed by atoms with Crippen LogP contribution in [-0.2, 0) is 21.4 Å². The Morgan fingerprint density at radius 2 is 1.69 bits per heavy atom. The van der Waals surface area contributed by atoms with Gasteiger partial charge >= 0.3 is 0 Å². The van der Waals surface area contributed by atoms with Gasteiger partial charge in [-0.3, -0.25) is 9.10 Å². The number of anilines is 1. The Kier molecular flexibility index (Phi) is 6.02. The summed E-state index contributed by atoms with van der Waals surface area (Å²) >= 11 is 0. The topological polar surface area (TPSA) is 66.5 Å². The number of carbonyl (C=O) groups is 1. The zero-order valence-electron chi connectivity index (χ0n) is 15.3. The maximum Gasteiger partial charge on any atom is 0.241 e. The van der Waals surface area contributed by atoms with Gasteiger partial charge in [-0.15, -0.1) is 0 Å². The van der Waals surface area contributed by atoms with E-state index in [4.69, 9.17) is 0 Å². The Balaban J connectivity index is 2.22. The molecule has 0 aromatic heterocycles. The summed E-state index contributed by atoms with van der Waals surface area (Å²) in [6, 6.07) is 9.86. The van der Waals surface area contributed by atoms with Gasteiger partial charge in [-0.25, -0.2) is 12.8 Å². The average Bonchev–Trinajstić information content (AvgIpc) is 2.51. The van der Waals surface area contributed by atoms with E-state index >= 15 is 0 Å². The van der Waals surface area contributed by atoms with Gasteiger partial charge in [0.2, 0.25) is 15.9 Å². The highest BCUT2D eigenvalue weighted by Gasteiger charge is 2.24. The van der Waals surface area contributed by atoms with Crippen molar-refractivity contribution in [1.82, 2.24) is 5.32 Å². The molecule has 0 unspecified atom stereocenters. The number of amides is 1. The summed E-state index contributed by atoms with van der Waals surface area (Å²) < 4.78 is 39.3. The Bertz CT molecular complexity index is 903. The summed E-state index contributed by atoms with van der Waals surface area (Å²) in [5.74, 6) is -0.920. The fourth-order valence-electron chi connectivity index (χ4n) is 2.95. The minimum absolute atomic E-state index is 0.00499. The van der Waals surface area contributed by atoms with Crippen LogP contribution in [0.5, 0.6) is 0 Å².